The van der Waals surface area contributed by atoms with Crippen LogP contribution >= 0.6 is 22.9 Å². The molecular weight excluding hydrogens is 212 g/mol. The van der Waals surface area contributed by atoms with Gasteiger partial charge in [-0.05, 0) is 48.8 Å². The molecule has 0 nitrogen and oxygen atoms in total. The van der Waals surface area contributed by atoms with E-state index in [9.17, 15) is 0 Å². The van der Waals surface area contributed by atoms with Crippen LogP contribution in [0.25, 0.3) is 5.57 Å². The summed E-state index contributed by atoms with van der Waals surface area (Å²) >= 11 is 8.02. The standard InChI is InChI=1S/C12H15ClS/c1-9-6-11(8-14-9)10-4-2-3-5-12(13)7-10/h6-8,12H,2-5H2,1H3. The third-order valence-electron chi connectivity index (χ3n) is 2.66. The second kappa shape index (κ2) is 4.50. The molecule has 1 unspecified atom stereocenters. The van der Waals surface area contributed by atoms with Gasteiger partial charge in [0.25, 0.3) is 0 Å². The van der Waals surface area contributed by atoms with Gasteiger partial charge in [-0.1, -0.05) is 12.5 Å². The summed E-state index contributed by atoms with van der Waals surface area (Å²) < 4.78 is 0. The lowest BCUT2D eigenvalue weighted by Crippen LogP contribution is -1.90. The first kappa shape index (κ1) is 10.3. The lowest BCUT2D eigenvalue weighted by atomic mass is 10.0. The fraction of sp³-hybridized carbons (Fsp3) is 0.500. The van der Waals surface area contributed by atoms with E-state index in [1.54, 1.807) is 0 Å². The molecule has 2 heteroatoms. The molecule has 0 bridgehead atoms. The SMILES string of the molecule is Cc1cc(C2=CC(Cl)CCCC2)cs1. The van der Waals surface area contributed by atoms with Crippen LogP contribution in [0.3, 0.4) is 0 Å². The highest BCUT2D eigenvalue weighted by molar-refractivity contribution is 7.10. The van der Waals surface area contributed by atoms with Gasteiger partial charge in [-0.3, -0.25) is 0 Å². The Kier molecular flexibility index (Phi) is 3.30. The minimum atomic E-state index is 0.243. The summed E-state index contributed by atoms with van der Waals surface area (Å²) in [4.78, 5) is 1.39. The maximum absolute atomic E-state index is 6.20. The second-order valence-electron chi connectivity index (χ2n) is 3.90. The van der Waals surface area contributed by atoms with Crippen molar-refractivity contribution in [1.29, 1.82) is 0 Å². The Morgan fingerprint density at radius 1 is 1.43 bits per heavy atom. The summed E-state index contributed by atoms with van der Waals surface area (Å²) in [6.45, 7) is 2.16. The number of halogens is 1. The second-order valence-corrected chi connectivity index (χ2v) is 5.58. The summed E-state index contributed by atoms with van der Waals surface area (Å²) in [5.41, 5.74) is 2.84. The summed E-state index contributed by atoms with van der Waals surface area (Å²) in [6.07, 6.45) is 7.12. The number of rotatable bonds is 1. The smallest absolute Gasteiger partial charge is 0.0521 e. The van der Waals surface area contributed by atoms with Gasteiger partial charge in [-0.15, -0.1) is 22.9 Å². The van der Waals surface area contributed by atoms with Crippen LogP contribution in [-0.4, -0.2) is 5.38 Å². The molecule has 1 heterocycles. The molecular formula is C12H15ClS. The zero-order valence-electron chi connectivity index (χ0n) is 8.42. The van der Waals surface area contributed by atoms with Gasteiger partial charge in [0.05, 0.1) is 5.38 Å². The number of allylic oxidation sites excluding steroid dienone is 2. The molecule has 0 N–H and O–H groups in total. The van der Waals surface area contributed by atoms with Crippen LogP contribution in [0.1, 0.15) is 36.1 Å². The molecule has 0 amide bonds. The summed E-state index contributed by atoms with van der Waals surface area (Å²) in [5.74, 6) is 0. The van der Waals surface area contributed by atoms with E-state index in [0.29, 0.717) is 0 Å². The van der Waals surface area contributed by atoms with Crippen LogP contribution in [0.4, 0.5) is 0 Å². The van der Waals surface area contributed by atoms with E-state index in [4.69, 9.17) is 11.6 Å². The Labute approximate surface area is 94.6 Å². The molecule has 1 aliphatic rings. The van der Waals surface area contributed by atoms with Crippen LogP contribution in [0.2, 0.25) is 0 Å². The predicted octanol–water partition coefficient (Wildman–Crippen LogP) is 4.62. The molecule has 2 rings (SSSR count). The molecule has 76 valence electrons. The van der Waals surface area contributed by atoms with Crippen LogP contribution in [0, 0.1) is 6.92 Å². The van der Waals surface area contributed by atoms with Crippen molar-refractivity contribution in [1.82, 2.24) is 0 Å². The lowest BCUT2D eigenvalue weighted by molar-refractivity contribution is 0.724. The van der Waals surface area contributed by atoms with E-state index in [-0.39, 0.29) is 5.38 Å². The monoisotopic (exact) mass is 226 g/mol. The average Bonchev–Trinajstić information content (AvgIpc) is 2.45. The van der Waals surface area contributed by atoms with Crippen molar-refractivity contribution in [2.75, 3.05) is 0 Å². The quantitative estimate of drug-likeness (QED) is 0.613. The molecule has 0 spiro atoms. The van der Waals surface area contributed by atoms with Crippen molar-refractivity contribution in [2.45, 2.75) is 38.0 Å². The van der Waals surface area contributed by atoms with E-state index < -0.39 is 0 Å². The van der Waals surface area contributed by atoms with E-state index in [0.717, 1.165) is 6.42 Å². The van der Waals surface area contributed by atoms with Gasteiger partial charge in [0.1, 0.15) is 0 Å². The third-order valence-corrected chi connectivity index (χ3v) is 3.87. The van der Waals surface area contributed by atoms with Gasteiger partial charge >= 0.3 is 0 Å². The van der Waals surface area contributed by atoms with Crippen molar-refractivity contribution in [3.8, 4) is 0 Å². The zero-order chi connectivity index (χ0) is 9.97. The molecule has 1 aromatic rings. The first-order chi connectivity index (χ1) is 6.75. The van der Waals surface area contributed by atoms with Gasteiger partial charge in [-0.25, -0.2) is 0 Å². The van der Waals surface area contributed by atoms with Gasteiger partial charge in [0.2, 0.25) is 0 Å². The number of hydrogen-bond donors (Lipinski definition) is 0. The van der Waals surface area contributed by atoms with E-state index >= 15 is 0 Å². The molecule has 0 aliphatic heterocycles. The van der Waals surface area contributed by atoms with Gasteiger partial charge in [-0.2, -0.15) is 0 Å². The maximum atomic E-state index is 6.20. The highest BCUT2D eigenvalue weighted by atomic mass is 35.5. The molecule has 1 atom stereocenters. The van der Waals surface area contributed by atoms with Gasteiger partial charge in [0, 0.05) is 4.88 Å². The fourth-order valence-electron chi connectivity index (χ4n) is 1.89. The van der Waals surface area contributed by atoms with Gasteiger partial charge < -0.3 is 0 Å². The van der Waals surface area contributed by atoms with E-state index in [2.05, 4.69) is 24.4 Å². The Bertz CT molecular complexity index is 338. The Balaban J connectivity index is 2.23. The lowest BCUT2D eigenvalue weighted by Gasteiger charge is -2.02. The summed E-state index contributed by atoms with van der Waals surface area (Å²) in [5, 5.41) is 2.49. The number of aryl methyl sites for hydroxylation is 1. The Morgan fingerprint density at radius 3 is 3.00 bits per heavy atom. The minimum absolute atomic E-state index is 0.243. The molecule has 1 aromatic heterocycles. The maximum Gasteiger partial charge on any atom is 0.0521 e. The minimum Gasteiger partial charge on any atom is -0.149 e. The third kappa shape index (κ3) is 2.40. The van der Waals surface area contributed by atoms with Crippen molar-refractivity contribution in [2.24, 2.45) is 0 Å². The highest BCUT2D eigenvalue weighted by Crippen LogP contribution is 2.30. The molecule has 0 aromatic carbocycles. The molecule has 0 saturated heterocycles. The normalized spacial score (nSPS) is 23.0. The van der Waals surface area contributed by atoms with Gasteiger partial charge in [0.15, 0.2) is 0 Å². The topological polar surface area (TPSA) is 0 Å². The van der Waals surface area contributed by atoms with Crippen molar-refractivity contribution < 1.29 is 0 Å². The predicted molar refractivity (Wildman–Crippen MR) is 65.1 cm³/mol. The highest BCUT2D eigenvalue weighted by Gasteiger charge is 2.11. The molecule has 0 radical (unpaired) electrons. The van der Waals surface area contributed by atoms with Crippen LogP contribution in [0.5, 0.6) is 0 Å². The zero-order valence-corrected chi connectivity index (χ0v) is 10.00. The van der Waals surface area contributed by atoms with Crippen molar-refractivity contribution >= 4 is 28.5 Å². The molecule has 0 saturated carbocycles. The van der Waals surface area contributed by atoms with Crippen LogP contribution in [0.15, 0.2) is 17.5 Å². The first-order valence-corrected chi connectivity index (χ1v) is 6.47. The van der Waals surface area contributed by atoms with E-state index in [1.807, 2.05) is 11.3 Å². The largest absolute Gasteiger partial charge is 0.149 e. The Morgan fingerprint density at radius 2 is 2.29 bits per heavy atom. The van der Waals surface area contributed by atoms with Crippen molar-refractivity contribution in [3.05, 3.63) is 28.0 Å². The summed E-state index contributed by atoms with van der Waals surface area (Å²) in [7, 11) is 0. The molecule has 0 fully saturated rings. The van der Waals surface area contributed by atoms with Crippen molar-refractivity contribution in [3.63, 3.8) is 0 Å². The van der Waals surface area contributed by atoms with Crippen LogP contribution < -0.4 is 0 Å². The first-order valence-electron chi connectivity index (χ1n) is 5.16. The molecule has 1 aliphatic carbocycles. The molecule has 14 heavy (non-hydrogen) atoms. The fourth-order valence-corrected chi connectivity index (χ4v) is 2.93. The number of thiophene rings is 1. The Hall–Kier alpha value is -0.270. The number of hydrogen-bond acceptors (Lipinski definition) is 1. The number of alkyl halides is 1. The van der Waals surface area contributed by atoms with E-state index in [1.165, 1.54) is 35.3 Å². The average molecular weight is 227 g/mol. The summed E-state index contributed by atoms with van der Waals surface area (Å²) in [6, 6.07) is 2.27. The van der Waals surface area contributed by atoms with Crippen LogP contribution in [-0.2, 0) is 0 Å².